The Morgan fingerprint density at radius 3 is 1.95 bits per heavy atom. The zero-order chi connectivity index (χ0) is 16.5. The van der Waals surface area contributed by atoms with E-state index < -0.39 is 34.3 Å². The van der Waals surface area contributed by atoms with E-state index in [4.69, 9.17) is 5.41 Å². The summed E-state index contributed by atoms with van der Waals surface area (Å²) in [6, 6.07) is 4.27. The lowest BCUT2D eigenvalue weighted by Crippen LogP contribution is -2.28. The van der Waals surface area contributed by atoms with Gasteiger partial charge in [0.25, 0.3) is 9.84 Å². The molecular formula is C11H8F3NO4S2. The van der Waals surface area contributed by atoms with Crippen LogP contribution in [0.3, 0.4) is 0 Å². The number of alkyl halides is 3. The van der Waals surface area contributed by atoms with Crippen LogP contribution in [-0.2, 0) is 19.7 Å². The Hall–Kier alpha value is -1.90. The predicted molar refractivity (Wildman–Crippen MR) is 69.9 cm³/mol. The fourth-order valence-electron chi connectivity index (χ4n) is 1.27. The smallest absolute Gasteiger partial charge is 0.257 e. The topological polar surface area (TPSA) is 92.1 Å². The van der Waals surface area contributed by atoms with Crippen molar-refractivity contribution in [2.24, 2.45) is 0 Å². The van der Waals surface area contributed by atoms with Crippen molar-refractivity contribution >= 4 is 31.6 Å². The highest BCUT2D eigenvalue weighted by atomic mass is 32.3. The molecule has 21 heavy (non-hydrogen) atoms. The molecule has 0 amide bonds. The highest BCUT2D eigenvalue weighted by Crippen LogP contribution is 2.33. The van der Waals surface area contributed by atoms with Crippen LogP contribution in [0.2, 0.25) is 0 Å². The third-order valence-corrected chi connectivity index (χ3v) is 6.32. The summed E-state index contributed by atoms with van der Waals surface area (Å²) in [4.78, 5) is -0.698. The molecule has 0 radical (unpaired) electrons. The lowest BCUT2D eigenvalue weighted by Gasteiger charge is -2.10. The minimum atomic E-state index is -6.20. The molecule has 1 aromatic carbocycles. The van der Waals surface area contributed by atoms with Crippen molar-refractivity contribution in [3.05, 3.63) is 40.6 Å². The number of nitrogens with one attached hydrogen (secondary N) is 1. The SMILES string of the molecule is C=Cc1ccc(S(=O)(=O)C(=C=N)S(=O)(=O)C(F)(F)F)cc1. The number of benzene rings is 1. The van der Waals surface area contributed by atoms with E-state index in [0.717, 1.165) is 18.0 Å². The van der Waals surface area contributed by atoms with Gasteiger partial charge in [0.1, 0.15) is 0 Å². The molecular weight excluding hydrogens is 331 g/mol. The van der Waals surface area contributed by atoms with Gasteiger partial charge in [0.2, 0.25) is 14.1 Å². The standard InChI is InChI=1S/C11H8F3NO4S2/c1-2-8-3-5-9(6-4-8)20(16,17)10(7-15)21(18,19)11(12,13)14/h2-6,15H,1H2. The van der Waals surface area contributed by atoms with Crippen molar-refractivity contribution in [1.82, 2.24) is 0 Å². The summed E-state index contributed by atoms with van der Waals surface area (Å²) in [5.74, 6) is 0.867. The summed E-state index contributed by atoms with van der Waals surface area (Å²) < 4.78 is 81.4. The number of hydrogen-bond acceptors (Lipinski definition) is 5. The summed E-state index contributed by atoms with van der Waals surface area (Å²) in [6.45, 7) is 3.40. The Bertz CT molecular complexity index is 815. The average Bonchev–Trinajstić information content (AvgIpc) is 2.37. The molecule has 5 nitrogen and oxygen atoms in total. The van der Waals surface area contributed by atoms with Crippen LogP contribution in [-0.4, -0.2) is 28.2 Å². The van der Waals surface area contributed by atoms with Crippen molar-refractivity contribution in [1.29, 1.82) is 5.41 Å². The Kier molecular flexibility index (Phi) is 4.47. The van der Waals surface area contributed by atoms with Gasteiger partial charge in [0, 0.05) is 5.87 Å². The quantitative estimate of drug-likeness (QED) is 0.851. The van der Waals surface area contributed by atoms with E-state index in [1.54, 1.807) is 0 Å². The first kappa shape index (κ1) is 17.2. The Balaban J connectivity index is 3.54. The van der Waals surface area contributed by atoms with Crippen molar-refractivity contribution in [2.45, 2.75) is 10.4 Å². The van der Waals surface area contributed by atoms with Crippen LogP contribution in [0.1, 0.15) is 5.56 Å². The van der Waals surface area contributed by atoms with Crippen LogP contribution < -0.4 is 0 Å². The molecule has 0 unspecified atom stereocenters. The van der Waals surface area contributed by atoms with Crippen molar-refractivity contribution in [3.63, 3.8) is 0 Å². The molecule has 0 spiro atoms. The summed E-state index contributed by atoms with van der Waals surface area (Å²) in [5, 5.41) is 6.62. The van der Waals surface area contributed by atoms with Crippen LogP contribution >= 0.6 is 0 Å². The van der Waals surface area contributed by atoms with Gasteiger partial charge < -0.3 is 0 Å². The number of rotatable bonds is 4. The van der Waals surface area contributed by atoms with E-state index >= 15 is 0 Å². The zero-order valence-corrected chi connectivity index (χ0v) is 11.8. The summed E-state index contributed by atoms with van der Waals surface area (Å²) in [6.07, 6.45) is 1.36. The third-order valence-electron chi connectivity index (χ3n) is 2.32. The molecule has 0 atom stereocenters. The molecule has 0 aliphatic carbocycles. The van der Waals surface area contributed by atoms with E-state index in [-0.39, 0.29) is 0 Å². The summed E-state index contributed by atoms with van der Waals surface area (Å²) >= 11 is 0. The van der Waals surface area contributed by atoms with Crippen LogP contribution in [0.25, 0.3) is 6.08 Å². The monoisotopic (exact) mass is 339 g/mol. The molecule has 10 heteroatoms. The molecule has 0 heterocycles. The fraction of sp³-hybridized carbons (Fsp3) is 0.0909. The number of sulfone groups is 2. The van der Waals surface area contributed by atoms with E-state index in [1.807, 2.05) is 0 Å². The van der Waals surface area contributed by atoms with Gasteiger partial charge in [-0.25, -0.2) is 16.8 Å². The molecule has 0 aliphatic heterocycles. The molecule has 0 bridgehead atoms. The predicted octanol–water partition coefficient (Wildman–Crippen LogP) is 2.13. The summed E-state index contributed by atoms with van der Waals surface area (Å²) in [5.41, 5.74) is -5.36. The maximum Gasteiger partial charge on any atom is 0.503 e. The van der Waals surface area contributed by atoms with Gasteiger partial charge in [0.15, 0.2) is 0 Å². The lowest BCUT2D eigenvalue weighted by atomic mass is 10.2. The highest BCUT2D eigenvalue weighted by molar-refractivity contribution is 8.15. The van der Waals surface area contributed by atoms with Gasteiger partial charge in [-0.3, -0.25) is 5.41 Å². The molecule has 0 saturated carbocycles. The van der Waals surface area contributed by atoms with Crippen molar-refractivity contribution < 1.29 is 30.0 Å². The first-order valence-electron chi connectivity index (χ1n) is 5.07. The molecule has 1 aromatic rings. The Labute approximate surface area is 118 Å². The molecule has 0 aromatic heterocycles. The van der Waals surface area contributed by atoms with E-state index in [1.165, 1.54) is 18.2 Å². The second kappa shape index (κ2) is 5.47. The number of hydrogen-bond donors (Lipinski definition) is 1. The Morgan fingerprint density at radius 2 is 1.62 bits per heavy atom. The zero-order valence-electron chi connectivity index (χ0n) is 10.2. The van der Waals surface area contributed by atoms with E-state index in [9.17, 15) is 30.0 Å². The van der Waals surface area contributed by atoms with Crippen LogP contribution in [0.15, 0.2) is 40.0 Å². The van der Waals surface area contributed by atoms with Gasteiger partial charge in [-0.15, -0.1) is 0 Å². The lowest BCUT2D eigenvalue weighted by molar-refractivity contribution is -0.0424. The van der Waals surface area contributed by atoms with Crippen LogP contribution in [0, 0.1) is 5.41 Å². The maximum atomic E-state index is 12.4. The summed E-state index contributed by atoms with van der Waals surface area (Å²) in [7, 11) is -11.2. The normalized spacial score (nSPS) is 12.5. The fourth-order valence-corrected chi connectivity index (χ4v) is 4.19. The Morgan fingerprint density at radius 1 is 1.14 bits per heavy atom. The first-order valence-corrected chi connectivity index (χ1v) is 8.03. The second-order valence-corrected chi connectivity index (χ2v) is 7.66. The van der Waals surface area contributed by atoms with E-state index in [0.29, 0.717) is 5.56 Å². The van der Waals surface area contributed by atoms with Crippen molar-refractivity contribution in [2.75, 3.05) is 0 Å². The first-order chi connectivity index (χ1) is 9.48. The highest BCUT2D eigenvalue weighted by Gasteiger charge is 2.53. The molecule has 0 fully saturated rings. The van der Waals surface area contributed by atoms with Gasteiger partial charge in [-0.1, -0.05) is 24.8 Å². The van der Waals surface area contributed by atoms with Crippen LogP contribution in [0.4, 0.5) is 13.2 Å². The van der Waals surface area contributed by atoms with E-state index in [2.05, 4.69) is 6.58 Å². The van der Waals surface area contributed by atoms with Crippen molar-refractivity contribution in [3.8, 4) is 0 Å². The van der Waals surface area contributed by atoms with Crippen LogP contribution in [0.5, 0.6) is 0 Å². The van der Waals surface area contributed by atoms with Gasteiger partial charge in [-0.05, 0) is 17.7 Å². The second-order valence-electron chi connectivity index (χ2n) is 3.64. The molecule has 0 aliphatic rings. The number of halogens is 3. The molecule has 1 N–H and O–H groups in total. The molecule has 1 rings (SSSR count). The molecule has 0 saturated heterocycles. The maximum absolute atomic E-state index is 12.4. The molecule has 114 valence electrons. The largest absolute Gasteiger partial charge is 0.503 e. The average molecular weight is 339 g/mol. The minimum absolute atomic E-state index is 0.480. The van der Waals surface area contributed by atoms with Gasteiger partial charge >= 0.3 is 5.51 Å². The third kappa shape index (κ3) is 3.07. The minimum Gasteiger partial charge on any atom is -0.257 e. The van der Waals surface area contributed by atoms with Gasteiger partial charge in [0.05, 0.1) is 4.90 Å². The van der Waals surface area contributed by atoms with Gasteiger partial charge in [-0.2, -0.15) is 13.2 Å².